The smallest absolute Gasteiger partial charge is 0.219 e. The average Bonchev–Trinajstić information content (AvgIpc) is 2.65. The summed E-state index contributed by atoms with van der Waals surface area (Å²) in [7, 11) is 0. The minimum absolute atomic E-state index is 0. The second kappa shape index (κ2) is 9.70. The molecule has 1 amide bonds. The van der Waals surface area contributed by atoms with Gasteiger partial charge in [-0.25, -0.2) is 4.99 Å². The van der Waals surface area contributed by atoms with Crippen LogP contribution in [0.2, 0.25) is 0 Å². The molecule has 0 aliphatic carbocycles. The van der Waals surface area contributed by atoms with Crippen molar-refractivity contribution in [3.05, 3.63) is 42.1 Å². The lowest BCUT2D eigenvalue weighted by molar-refractivity contribution is -0.130. The second-order valence-corrected chi connectivity index (χ2v) is 6.16. The van der Waals surface area contributed by atoms with E-state index in [2.05, 4.69) is 40.3 Å². The number of nitrogens with zero attached hydrogens (tertiary/aromatic N) is 4. The molecular formula is C19H26IN5O. The van der Waals surface area contributed by atoms with Crippen LogP contribution in [-0.4, -0.2) is 59.4 Å². The predicted octanol–water partition coefficient (Wildman–Crippen LogP) is 2.48. The molecule has 0 unspecified atom stereocenters. The van der Waals surface area contributed by atoms with Crippen molar-refractivity contribution in [2.24, 2.45) is 4.99 Å². The van der Waals surface area contributed by atoms with Crippen LogP contribution in [0.5, 0.6) is 0 Å². The van der Waals surface area contributed by atoms with E-state index in [1.165, 1.54) is 0 Å². The van der Waals surface area contributed by atoms with E-state index in [0.29, 0.717) is 6.54 Å². The number of carbonyl (C=O) groups excluding carboxylic acids is 1. The number of benzene rings is 1. The number of piperazine rings is 1. The van der Waals surface area contributed by atoms with E-state index in [4.69, 9.17) is 4.99 Å². The lowest BCUT2D eigenvalue weighted by atomic mass is 10.1. The van der Waals surface area contributed by atoms with Gasteiger partial charge in [-0.3, -0.25) is 9.78 Å². The van der Waals surface area contributed by atoms with Gasteiger partial charge in [0, 0.05) is 51.2 Å². The minimum Gasteiger partial charge on any atom is -0.357 e. The van der Waals surface area contributed by atoms with Gasteiger partial charge in [-0.15, -0.1) is 24.0 Å². The van der Waals surface area contributed by atoms with Gasteiger partial charge in [-0.2, -0.15) is 0 Å². The molecule has 6 nitrogen and oxygen atoms in total. The SMILES string of the molecule is CCNC(=NCc1cccc2cccnc12)N1CCN(C(C)=O)CC1.I. The number of fused-ring (bicyclic) bond motifs is 1. The largest absolute Gasteiger partial charge is 0.357 e. The number of carbonyl (C=O) groups is 1. The van der Waals surface area contributed by atoms with Crippen LogP contribution in [0.15, 0.2) is 41.5 Å². The number of amides is 1. The molecule has 1 aliphatic rings. The van der Waals surface area contributed by atoms with E-state index in [-0.39, 0.29) is 29.9 Å². The van der Waals surface area contributed by atoms with Gasteiger partial charge in [0.1, 0.15) is 0 Å². The third-order valence-corrected chi connectivity index (χ3v) is 4.47. The lowest BCUT2D eigenvalue weighted by Crippen LogP contribution is -2.53. The lowest BCUT2D eigenvalue weighted by Gasteiger charge is -2.36. The van der Waals surface area contributed by atoms with E-state index < -0.39 is 0 Å². The Labute approximate surface area is 171 Å². The molecule has 2 heterocycles. The van der Waals surface area contributed by atoms with Crippen LogP contribution in [0.25, 0.3) is 10.9 Å². The topological polar surface area (TPSA) is 60.8 Å². The molecule has 2 aromatic rings. The van der Waals surface area contributed by atoms with Gasteiger partial charge in [0.15, 0.2) is 5.96 Å². The molecule has 0 bridgehead atoms. The first-order chi connectivity index (χ1) is 12.2. The van der Waals surface area contributed by atoms with Crippen molar-refractivity contribution in [1.29, 1.82) is 0 Å². The highest BCUT2D eigenvalue weighted by Gasteiger charge is 2.20. The minimum atomic E-state index is 0. The Morgan fingerprint density at radius 2 is 1.85 bits per heavy atom. The maximum Gasteiger partial charge on any atom is 0.219 e. The summed E-state index contributed by atoms with van der Waals surface area (Å²) >= 11 is 0. The molecule has 0 atom stereocenters. The molecule has 1 fully saturated rings. The van der Waals surface area contributed by atoms with Crippen molar-refractivity contribution in [3.8, 4) is 0 Å². The fourth-order valence-electron chi connectivity index (χ4n) is 3.11. The molecule has 1 aliphatic heterocycles. The van der Waals surface area contributed by atoms with Crippen molar-refractivity contribution in [1.82, 2.24) is 20.1 Å². The number of nitrogens with one attached hydrogen (secondary N) is 1. The zero-order chi connectivity index (χ0) is 17.6. The van der Waals surface area contributed by atoms with Crippen molar-refractivity contribution < 1.29 is 4.79 Å². The number of pyridine rings is 1. The summed E-state index contributed by atoms with van der Waals surface area (Å²) in [5.41, 5.74) is 2.13. The van der Waals surface area contributed by atoms with Gasteiger partial charge in [-0.05, 0) is 18.6 Å². The summed E-state index contributed by atoms with van der Waals surface area (Å²) in [4.78, 5) is 24.9. The summed E-state index contributed by atoms with van der Waals surface area (Å²) in [5, 5.41) is 4.50. The van der Waals surface area contributed by atoms with Crippen molar-refractivity contribution in [2.75, 3.05) is 32.7 Å². The van der Waals surface area contributed by atoms with Crippen LogP contribution < -0.4 is 5.32 Å². The first kappa shape index (κ1) is 20.4. The Balaban J connectivity index is 0.00000243. The zero-order valence-corrected chi connectivity index (χ0v) is 17.6. The summed E-state index contributed by atoms with van der Waals surface area (Å²) in [6.45, 7) is 8.20. The third-order valence-electron chi connectivity index (χ3n) is 4.47. The van der Waals surface area contributed by atoms with Gasteiger partial charge in [0.2, 0.25) is 5.91 Å². The van der Waals surface area contributed by atoms with E-state index >= 15 is 0 Å². The maximum atomic E-state index is 11.5. The van der Waals surface area contributed by atoms with Crippen LogP contribution in [-0.2, 0) is 11.3 Å². The molecular weight excluding hydrogens is 441 g/mol. The predicted molar refractivity (Wildman–Crippen MR) is 116 cm³/mol. The Hall–Kier alpha value is -1.90. The third kappa shape index (κ3) is 4.84. The maximum absolute atomic E-state index is 11.5. The summed E-state index contributed by atoms with van der Waals surface area (Å²) in [6, 6.07) is 10.2. The molecule has 0 radical (unpaired) electrons. The molecule has 1 N–H and O–H groups in total. The molecule has 1 saturated heterocycles. The van der Waals surface area contributed by atoms with Crippen LogP contribution in [0.4, 0.5) is 0 Å². The van der Waals surface area contributed by atoms with Crippen LogP contribution in [0.3, 0.4) is 0 Å². The van der Waals surface area contributed by atoms with Crippen molar-refractivity contribution >= 4 is 46.7 Å². The van der Waals surface area contributed by atoms with Gasteiger partial charge >= 0.3 is 0 Å². The molecule has 0 saturated carbocycles. The number of guanidine groups is 1. The normalized spacial score (nSPS) is 14.9. The van der Waals surface area contributed by atoms with Crippen LogP contribution in [0.1, 0.15) is 19.4 Å². The van der Waals surface area contributed by atoms with Gasteiger partial charge in [-0.1, -0.05) is 24.3 Å². The highest BCUT2D eigenvalue weighted by Crippen LogP contribution is 2.17. The number of aromatic nitrogens is 1. The number of aliphatic imine (C=N–C) groups is 1. The zero-order valence-electron chi connectivity index (χ0n) is 15.3. The van der Waals surface area contributed by atoms with E-state index in [9.17, 15) is 4.79 Å². The highest BCUT2D eigenvalue weighted by molar-refractivity contribution is 14.0. The highest BCUT2D eigenvalue weighted by atomic mass is 127. The van der Waals surface area contributed by atoms with Gasteiger partial charge in [0.05, 0.1) is 12.1 Å². The fourth-order valence-corrected chi connectivity index (χ4v) is 3.11. The number of rotatable bonds is 3. The van der Waals surface area contributed by atoms with E-state index in [0.717, 1.165) is 55.1 Å². The van der Waals surface area contributed by atoms with E-state index in [1.807, 2.05) is 23.2 Å². The number of para-hydroxylation sites is 1. The first-order valence-electron chi connectivity index (χ1n) is 8.80. The standard InChI is InChI=1S/C19H25N5O.HI/c1-3-20-19(24-12-10-23(11-13-24)15(2)25)22-14-17-7-4-6-16-8-5-9-21-18(16)17;/h4-9H,3,10-14H2,1-2H3,(H,20,22);1H. The molecule has 1 aromatic carbocycles. The molecule has 26 heavy (non-hydrogen) atoms. The number of halogens is 1. The Kier molecular flexibility index (Phi) is 7.62. The monoisotopic (exact) mass is 467 g/mol. The molecule has 3 rings (SSSR count). The van der Waals surface area contributed by atoms with Gasteiger partial charge in [0.25, 0.3) is 0 Å². The van der Waals surface area contributed by atoms with Crippen LogP contribution >= 0.6 is 24.0 Å². The molecule has 1 aromatic heterocycles. The van der Waals surface area contributed by atoms with Crippen molar-refractivity contribution in [3.63, 3.8) is 0 Å². The Bertz CT molecular complexity index is 766. The Morgan fingerprint density at radius 3 is 2.54 bits per heavy atom. The molecule has 140 valence electrons. The van der Waals surface area contributed by atoms with Gasteiger partial charge < -0.3 is 15.1 Å². The second-order valence-electron chi connectivity index (χ2n) is 6.16. The number of hydrogen-bond donors (Lipinski definition) is 1. The molecule has 7 heteroatoms. The fraction of sp³-hybridized carbons (Fsp3) is 0.421. The van der Waals surface area contributed by atoms with E-state index in [1.54, 1.807) is 6.92 Å². The average molecular weight is 467 g/mol. The summed E-state index contributed by atoms with van der Waals surface area (Å²) < 4.78 is 0. The molecule has 0 spiro atoms. The first-order valence-corrected chi connectivity index (χ1v) is 8.80. The van der Waals surface area contributed by atoms with Crippen LogP contribution in [0, 0.1) is 0 Å². The van der Waals surface area contributed by atoms with Crippen molar-refractivity contribution in [2.45, 2.75) is 20.4 Å². The summed E-state index contributed by atoms with van der Waals surface area (Å²) in [6.07, 6.45) is 1.82. The summed E-state index contributed by atoms with van der Waals surface area (Å²) in [5.74, 6) is 1.04. The number of hydrogen-bond acceptors (Lipinski definition) is 3. The Morgan fingerprint density at radius 1 is 1.15 bits per heavy atom. The quantitative estimate of drug-likeness (QED) is 0.428.